The van der Waals surface area contributed by atoms with Gasteiger partial charge in [0.25, 0.3) is 0 Å². The van der Waals surface area contributed by atoms with Crippen LogP contribution in [0.15, 0.2) is 18.2 Å². The molecule has 2 aromatic rings. The van der Waals surface area contributed by atoms with Gasteiger partial charge in [0.15, 0.2) is 0 Å². The summed E-state index contributed by atoms with van der Waals surface area (Å²) in [6, 6.07) is 6.16. The van der Waals surface area contributed by atoms with E-state index in [2.05, 4.69) is 6.07 Å². The van der Waals surface area contributed by atoms with Crippen LogP contribution in [-0.4, -0.2) is 17.4 Å². The summed E-state index contributed by atoms with van der Waals surface area (Å²) >= 11 is 7.33. The van der Waals surface area contributed by atoms with E-state index >= 15 is 0 Å². The summed E-state index contributed by atoms with van der Waals surface area (Å²) in [7, 11) is 0. The van der Waals surface area contributed by atoms with Crippen molar-refractivity contribution < 1.29 is 9.18 Å². The number of nitrogen functional groups attached to an aromatic ring is 1. The van der Waals surface area contributed by atoms with Crippen LogP contribution in [0.5, 0.6) is 0 Å². The van der Waals surface area contributed by atoms with Crippen LogP contribution in [-0.2, 0) is 24.2 Å². The van der Waals surface area contributed by atoms with Gasteiger partial charge in [0.05, 0.1) is 18.5 Å². The van der Waals surface area contributed by atoms with Gasteiger partial charge in [0, 0.05) is 16.4 Å². The number of nitriles is 1. The SMILES string of the molecule is N#Cc1c(N)sc2c1CCN(C(=O)Cc1ccc(F)cc1Cl)C2. The van der Waals surface area contributed by atoms with Gasteiger partial charge in [0.2, 0.25) is 5.91 Å². The highest BCUT2D eigenvalue weighted by Gasteiger charge is 2.26. The number of rotatable bonds is 2. The van der Waals surface area contributed by atoms with Gasteiger partial charge in [-0.15, -0.1) is 11.3 Å². The van der Waals surface area contributed by atoms with E-state index in [0.29, 0.717) is 35.6 Å². The largest absolute Gasteiger partial charge is 0.389 e. The molecule has 1 aromatic heterocycles. The van der Waals surface area contributed by atoms with E-state index in [0.717, 1.165) is 10.4 Å². The zero-order chi connectivity index (χ0) is 16.6. The smallest absolute Gasteiger partial charge is 0.227 e. The van der Waals surface area contributed by atoms with Crippen LogP contribution >= 0.6 is 22.9 Å². The molecule has 118 valence electrons. The first-order valence-electron chi connectivity index (χ1n) is 7.01. The third-order valence-electron chi connectivity index (χ3n) is 3.91. The van der Waals surface area contributed by atoms with Crippen molar-refractivity contribution in [1.82, 2.24) is 4.90 Å². The number of nitrogens with two attached hydrogens (primary N) is 1. The fourth-order valence-electron chi connectivity index (χ4n) is 2.70. The molecule has 4 nitrogen and oxygen atoms in total. The third kappa shape index (κ3) is 3.03. The van der Waals surface area contributed by atoms with Crippen molar-refractivity contribution in [2.75, 3.05) is 12.3 Å². The molecule has 0 atom stereocenters. The van der Waals surface area contributed by atoms with Crippen molar-refractivity contribution in [1.29, 1.82) is 5.26 Å². The summed E-state index contributed by atoms with van der Waals surface area (Å²) < 4.78 is 13.1. The molecular formula is C16H13ClFN3OS. The molecule has 0 spiro atoms. The predicted octanol–water partition coefficient (Wildman–Crippen LogP) is 3.12. The molecule has 1 amide bonds. The van der Waals surface area contributed by atoms with Gasteiger partial charge >= 0.3 is 0 Å². The summed E-state index contributed by atoms with van der Waals surface area (Å²) in [5, 5.41) is 9.90. The second-order valence-electron chi connectivity index (χ2n) is 5.33. The Bertz CT molecular complexity index is 827. The van der Waals surface area contributed by atoms with Crippen molar-refractivity contribution in [3.8, 4) is 6.07 Å². The number of thiophene rings is 1. The highest BCUT2D eigenvalue weighted by molar-refractivity contribution is 7.16. The Hall–Kier alpha value is -2.10. The van der Waals surface area contributed by atoms with Crippen molar-refractivity contribution >= 4 is 33.8 Å². The number of carbonyl (C=O) groups is 1. The molecule has 1 aliphatic heterocycles. The molecule has 0 bridgehead atoms. The van der Waals surface area contributed by atoms with Crippen molar-refractivity contribution in [3.63, 3.8) is 0 Å². The molecule has 2 N–H and O–H groups in total. The highest BCUT2D eigenvalue weighted by atomic mass is 35.5. The molecule has 1 aromatic carbocycles. The van der Waals surface area contributed by atoms with E-state index < -0.39 is 5.82 Å². The van der Waals surface area contributed by atoms with Gasteiger partial charge < -0.3 is 10.6 Å². The number of amides is 1. The molecule has 7 heteroatoms. The van der Waals surface area contributed by atoms with Gasteiger partial charge in [0.1, 0.15) is 16.9 Å². The number of benzene rings is 1. The maximum absolute atomic E-state index is 13.1. The fourth-order valence-corrected chi connectivity index (χ4v) is 4.02. The Morgan fingerprint density at radius 2 is 2.30 bits per heavy atom. The zero-order valence-corrected chi connectivity index (χ0v) is 13.7. The van der Waals surface area contributed by atoms with E-state index in [1.54, 1.807) is 4.90 Å². The summed E-state index contributed by atoms with van der Waals surface area (Å²) in [4.78, 5) is 15.1. The van der Waals surface area contributed by atoms with E-state index in [4.69, 9.17) is 22.6 Å². The number of nitrogens with zero attached hydrogens (tertiary/aromatic N) is 2. The number of anilines is 1. The molecule has 3 rings (SSSR count). The zero-order valence-electron chi connectivity index (χ0n) is 12.1. The second kappa shape index (κ2) is 6.19. The molecule has 0 unspecified atom stereocenters. The van der Waals surface area contributed by atoms with Gasteiger partial charge in [-0.3, -0.25) is 4.79 Å². The molecule has 2 heterocycles. The number of carbonyl (C=O) groups excluding carboxylic acids is 1. The summed E-state index contributed by atoms with van der Waals surface area (Å²) in [6.07, 6.45) is 0.745. The lowest BCUT2D eigenvalue weighted by Crippen LogP contribution is -2.36. The van der Waals surface area contributed by atoms with E-state index in [1.807, 2.05) is 0 Å². The van der Waals surface area contributed by atoms with Crippen LogP contribution in [0.25, 0.3) is 0 Å². The molecule has 0 saturated carbocycles. The number of fused-ring (bicyclic) bond motifs is 1. The predicted molar refractivity (Wildman–Crippen MR) is 87.7 cm³/mol. The van der Waals surface area contributed by atoms with Crippen LogP contribution in [0.1, 0.15) is 21.6 Å². The summed E-state index contributed by atoms with van der Waals surface area (Å²) in [6.45, 7) is 0.985. The Balaban J connectivity index is 1.76. The van der Waals surface area contributed by atoms with Crippen LogP contribution in [0, 0.1) is 17.1 Å². The quantitative estimate of drug-likeness (QED) is 0.905. The average Bonchev–Trinajstić information content (AvgIpc) is 2.84. The first-order chi connectivity index (χ1) is 11.0. The van der Waals surface area contributed by atoms with Crippen molar-refractivity contribution in [2.24, 2.45) is 0 Å². The maximum Gasteiger partial charge on any atom is 0.227 e. The second-order valence-corrected chi connectivity index (χ2v) is 6.88. The lowest BCUT2D eigenvalue weighted by atomic mass is 10.0. The standard InChI is InChI=1S/C16H13ClFN3OS/c17-13-6-10(18)2-1-9(13)5-15(22)21-4-3-11-12(7-19)16(20)23-14(11)8-21/h1-2,6H,3-5,8,20H2. The highest BCUT2D eigenvalue weighted by Crippen LogP contribution is 2.34. The minimum atomic E-state index is -0.424. The molecular weight excluding hydrogens is 337 g/mol. The minimum absolute atomic E-state index is 0.0744. The maximum atomic E-state index is 13.1. The minimum Gasteiger partial charge on any atom is -0.389 e. The summed E-state index contributed by atoms with van der Waals surface area (Å²) in [5.41, 5.74) is 7.95. The Morgan fingerprint density at radius 1 is 1.52 bits per heavy atom. The molecule has 1 aliphatic rings. The topological polar surface area (TPSA) is 70.1 Å². The van der Waals surface area contributed by atoms with Gasteiger partial charge in [-0.1, -0.05) is 17.7 Å². The molecule has 0 radical (unpaired) electrons. The van der Waals surface area contributed by atoms with Crippen LogP contribution < -0.4 is 5.73 Å². The van der Waals surface area contributed by atoms with E-state index in [-0.39, 0.29) is 17.4 Å². The average molecular weight is 350 g/mol. The Morgan fingerprint density at radius 3 is 3.00 bits per heavy atom. The first-order valence-corrected chi connectivity index (χ1v) is 8.21. The number of hydrogen-bond donors (Lipinski definition) is 1. The third-order valence-corrected chi connectivity index (χ3v) is 5.30. The normalized spacial score (nSPS) is 13.5. The first kappa shape index (κ1) is 15.8. The summed E-state index contributed by atoms with van der Waals surface area (Å²) in [5.74, 6) is -0.499. The number of hydrogen-bond acceptors (Lipinski definition) is 4. The Labute approximate surface area is 141 Å². The van der Waals surface area contributed by atoms with Gasteiger partial charge in [-0.2, -0.15) is 5.26 Å². The van der Waals surface area contributed by atoms with Crippen molar-refractivity contribution in [2.45, 2.75) is 19.4 Å². The van der Waals surface area contributed by atoms with Crippen molar-refractivity contribution in [3.05, 3.63) is 50.6 Å². The van der Waals surface area contributed by atoms with Crippen LogP contribution in [0.3, 0.4) is 0 Å². The monoisotopic (exact) mass is 349 g/mol. The van der Waals surface area contributed by atoms with Crippen LogP contribution in [0.4, 0.5) is 9.39 Å². The number of halogens is 2. The van der Waals surface area contributed by atoms with E-state index in [9.17, 15) is 9.18 Å². The van der Waals surface area contributed by atoms with E-state index in [1.165, 1.54) is 29.5 Å². The molecule has 0 aliphatic carbocycles. The van der Waals surface area contributed by atoms with Crippen LogP contribution in [0.2, 0.25) is 5.02 Å². The van der Waals surface area contributed by atoms with Gasteiger partial charge in [-0.05, 0) is 29.7 Å². The lowest BCUT2D eigenvalue weighted by Gasteiger charge is -2.27. The molecule has 0 fully saturated rings. The lowest BCUT2D eigenvalue weighted by molar-refractivity contribution is -0.131. The Kier molecular flexibility index (Phi) is 4.24. The molecule has 0 saturated heterocycles. The fraction of sp³-hybridized carbons (Fsp3) is 0.250. The molecule has 23 heavy (non-hydrogen) atoms. The van der Waals surface area contributed by atoms with Gasteiger partial charge in [-0.25, -0.2) is 4.39 Å².